The fourth-order valence-electron chi connectivity index (χ4n) is 3.14. The first-order valence-electron chi connectivity index (χ1n) is 7.62. The van der Waals surface area contributed by atoms with Crippen LogP contribution in [0.3, 0.4) is 0 Å². The maximum atomic E-state index is 6.54. The molecule has 0 aliphatic carbocycles. The van der Waals surface area contributed by atoms with Crippen molar-refractivity contribution in [1.29, 1.82) is 0 Å². The lowest BCUT2D eigenvalue weighted by Gasteiger charge is -2.28. The fraction of sp³-hybridized carbons (Fsp3) is 0.625. The average Bonchev–Trinajstić information content (AvgIpc) is 2.49. The molecular weight excluding hydrogens is 288 g/mol. The number of hydrogen-bond donors (Lipinski definition) is 1. The van der Waals surface area contributed by atoms with E-state index in [1.54, 1.807) is 0 Å². The van der Waals surface area contributed by atoms with Gasteiger partial charge in [-0.15, -0.1) is 0 Å². The molecule has 0 amide bonds. The van der Waals surface area contributed by atoms with Crippen LogP contribution in [-0.4, -0.2) is 42.6 Å². The van der Waals surface area contributed by atoms with Gasteiger partial charge in [0.15, 0.2) is 0 Å². The molecule has 1 N–H and O–H groups in total. The molecule has 0 saturated carbocycles. The highest BCUT2D eigenvalue weighted by Crippen LogP contribution is 2.35. The molecule has 1 aromatic rings. The molecule has 0 spiro atoms. The van der Waals surface area contributed by atoms with Crippen LogP contribution in [0.2, 0.25) is 5.02 Å². The molecule has 4 heteroatoms. The minimum Gasteiger partial charge on any atom is -0.314 e. The van der Waals surface area contributed by atoms with Crippen molar-refractivity contribution >= 4 is 23.4 Å². The van der Waals surface area contributed by atoms with Crippen LogP contribution in [0.5, 0.6) is 0 Å². The van der Waals surface area contributed by atoms with Crippen LogP contribution in [0.4, 0.5) is 0 Å². The third-order valence-corrected chi connectivity index (χ3v) is 5.72. The van der Waals surface area contributed by atoms with Crippen molar-refractivity contribution < 1.29 is 0 Å². The molecule has 3 rings (SSSR count). The number of hydrogen-bond acceptors (Lipinski definition) is 3. The summed E-state index contributed by atoms with van der Waals surface area (Å²) in [4.78, 5) is 2.50. The quantitative estimate of drug-likeness (QED) is 0.921. The molecule has 2 nitrogen and oxygen atoms in total. The summed E-state index contributed by atoms with van der Waals surface area (Å²) in [6, 6.07) is 6.76. The highest BCUT2D eigenvalue weighted by molar-refractivity contribution is 7.99. The molecular formula is C16H23ClN2S. The molecule has 2 aliphatic heterocycles. The number of halogens is 1. The molecule has 2 fully saturated rings. The van der Waals surface area contributed by atoms with Crippen molar-refractivity contribution in [2.45, 2.75) is 25.3 Å². The van der Waals surface area contributed by atoms with Crippen LogP contribution in [0.1, 0.15) is 29.9 Å². The second-order valence-corrected chi connectivity index (χ2v) is 7.40. The smallest absolute Gasteiger partial charge is 0.0444 e. The van der Waals surface area contributed by atoms with Crippen molar-refractivity contribution in [2.75, 3.05) is 37.7 Å². The van der Waals surface area contributed by atoms with E-state index in [-0.39, 0.29) is 0 Å². The monoisotopic (exact) mass is 310 g/mol. The summed E-state index contributed by atoms with van der Waals surface area (Å²) in [5, 5.41) is 4.38. The zero-order valence-corrected chi connectivity index (χ0v) is 13.5. The number of piperazine rings is 1. The molecule has 2 heterocycles. The van der Waals surface area contributed by atoms with E-state index in [0.29, 0.717) is 5.92 Å². The fourth-order valence-corrected chi connectivity index (χ4v) is 4.60. The first-order chi connectivity index (χ1) is 9.83. The van der Waals surface area contributed by atoms with Crippen molar-refractivity contribution in [3.05, 3.63) is 34.3 Å². The van der Waals surface area contributed by atoms with Gasteiger partial charge in [0.05, 0.1) is 0 Å². The van der Waals surface area contributed by atoms with Crippen LogP contribution >= 0.6 is 23.4 Å². The van der Waals surface area contributed by atoms with E-state index in [4.69, 9.17) is 11.6 Å². The van der Waals surface area contributed by atoms with Gasteiger partial charge >= 0.3 is 0 Å². The molecule has 110 valence electrons. The SMILES string of the molecule is Clc1cc(CN2CCNCC2)ccc1C1CCSCC1. The minimum absolute atomic E-state index is 0.678. The van der Waals surface area contributed by atoms with Crippen LogP contribution in [0.15, 0.2) is 18.2 Å². The zero-order chi connectivity index (χ0) is 13.8. The van der Waals surface area contributed by atoms with Crippen LogP contribution in [-0.2, 0) is 6.54 Å². The van der Waals surface area contributed by atoms with Gasteiger partial charge in [0.1, 0.15) is 0 Å². The summed E-state index contributed by atoms with van der Waals surface area (Å²) < 4.78 is 0. The van der Waals surface area contributed by atoms with Gasteiger partial charge in [-0.1, -0.05) is 23.7 Å². The Balaban J connectivity index is 1.66. The van der Waals surface area contributed by atoms with Gasteiger partial charge in [0.2, 0.25) is 0 Å². The Bertz CT molecular complexity index is 440. The van der Waals surface area contributed by atoms with Gasteiger partial charge < -0.3 is 5.32 Å². The highest BCUT2D eigenvalue weighted by Gasteiger charge is 2.19. The number of rotatable bonds is 3. The van der Waals surface area contributed by atoms with E-state index in [2.05, 4.69) is 40.2 Å². The van der Waals surface area contributed by atoms with E-state index >= 15 is 0 Å². The molecule has 0 bridgehead atoms. The third-order valence-electron chi connectivity index (χ3n) is 4.34. The molecule has 0 radical (unpaired) electrons. The lowest BCUT2D eigenvalue weighted by atomic mass is 9.92. The van der Waals surface area contributed by atoms with Gasteiger partial charge in [-0.2, -0.15) is 11.8 Å². The summed E-state index contributed by atoms with van der Waals surface area (Å²) in [5.74, 6) is 3.24. The lowest BCUT2D eigenvalue weighted by Crippen LogP contribution is -2.42. The normalized spacial score (nSPS) is 22.1. The Labute approximate surface area is 131 Å². The summed E-state index contributed by atoms with van der Waals surface area (Å²) in [7, 11) is 0. The first-order valence-corrected chi connectivity index (χ1v) is 9.15. The van der Waals surface area contributed by atoms with E-state index in [1.165, 1.54) is 35.5 Å². The highest BCUT2D eigenvalue weighted by atomic mass is 35.5. The second-order valence-electron chi connectivity index (χ2n) is 5.77. The van der Waals surface area contributed by atoms with Gasteiger partial charge in [0, 0.05) is 37.7 Å². The van der Waals surface area contributed by atoms with Gasteiger partial charge in [0.25, 0.3) is 0 Å². The number of benzene rings is 1. The molecule has 2 aliphatic rings. The predicted octanol–water partition coefficient (Wildman–Crippen LogP) is 3.36. The molecule has 0 unspecified atom stereocenters. The summed E-state index contributed by atoms with van der Waals surface area (Å²) in [5.41, 5.74) is 2.72. The standard InChI is InChI=1S/C16H23ClN2S/c17-16-11-13(12-19-7-5-18-6-8-19)1-2-15(16)14-3-9-20-10-4-14/h1-2,11,14,18H,3-10,12H2. The topological polar surface area (TPSA) is 15.3 Å². The Morgan fingerprint density at radius 1 is 1.20 bits per heavy atom. The van der Waals surface area contributed by atoms with E-state index in [9.17, 15) is 0 Å². The predicted molar refractivity (Wildman–Crippen MR) is 88.9 cm³/mol. The summed E-state index contributed by atoms with van der Waals surface area (Å²) in [6.45, 7) is 5.51. The molecule has 20 heavy (non-hydrogen) atoms. The zero-order valence-electron chi connectivity index (χ0n) is 11.9. The Morgan fingerprint density at radius 2 is 1.95 bits per heavy atom. The summed E-state index contributed by atoms with van der Waals surface area (Å²) in [6.07, 6.45) is 2.56. The van der Waals surface area contributed by atoms with E-state index in [0.717, 1.165) is 37.7 Å². The number of thioether (sulfide) groups is 1. The summed E-state index contributed by atoms with van der Waals surface area (Å²) >= 11 is 8.61. The van der Waals surface area contributed by atoms with E-state index < -0.39 is 0 Å². The van der Waals surface area contributed by atoms with Gasteiger partial charge in [-0.3, -0.25) is 4.90 Å². The Kier molecular flexibility index (Phi) is 5.27. The van der Waals surface area contributed by atoms with Gasteiger partial charge in [-0.05, 0) is 47.5 Å². The minimum atomic E-state index is 0.678. The average molecular weight is 311 g/mol. The van der Waals surface area contributed by atoms with Crippen LogP contribution in [0.25, 0.3) is 0 Å². The van der Waals surface area contributed by atoms with Crippen LogP contribution < -0.4 is 5.32 Å². The van der Waals surface area contributed by atoms with Gasteiger partial charge in [-0.25, -0.2) is 0 Å². The van der Waals surface area contributed by atoms with Crippen molar-refractivity contribution in [1.82, 2.24) is 10.2 Å². The van der Waals surface area contributed by atoms with E-state index in [1.807, 2.05) is 0 Å². The largest absolute Gasteiger partial charge is 0.314 e. The Hall–Kier alpha value is -0.220. The molecule has 0 aromatic heterocycles. The molecule has 0 atom stereocenters. The lowest BCUT2D eigenvalue weighted by molar-refractivity contribution is 0.233. The maximum Gasteiger partial charge on any atom is 0.0444 e. The maximum absolute atomic E-state index is 6.54. The first kappa shape index (κ1) is 14.7. The number of nitrogens with zero attached hydrogens (tertiary/aromatic N) is 1. The number of nitrogens with one attached hydrogen (secondary N) is 1. The van der Waals surface area contributed by atoms with Crippen molar-refractivity contribution in [2.24, 2.45) is 0 Å². The Morgan fingerprint density at radius 3 is 2.65 bits per heavy atom. The molecule has 1 aromatic carbocycles. The molecule has 2 saturated heterocycles. The van der Waals surface area contributed by atoms with Crippen molar-refractivity contribution in [3.8, 4) is 0 Å². The third kappa shape index (κ3) is 3.70. The van der Waals surface area contributed by atoms with Crippen molar-refractivity contribution in [3.63, 3.8) is 0 Å². The van der Waals surface area contributed by atoms with Crippen LogP contribution in [0, 0.1) is 0 Å². The second kappa shape index (κ2) is 7.17.